The Morgan fingerprint density at radius 3 is 1.50 bits per heavy atom. The Kier molecular flexibility index (Phi) is 4.06. The largest absolute Gasteiger partial charge is 0.0963 e. The number of rotatable bonds is 0. The minimum absolute atomic E-state index is 0.151. The van der Waals surface area contributed by atoms with Gasteiger partial charge in [0.25, 0.3) is 0 Å². The molecule has 1 aliphatic rings. The molecule has 0 nitrogen and oxygen atoms in total. The summed E-state index contributed by atoms with van der Waals surface area (Å²) in [4.78, 5) is 0. The Hall–Kier alpha value is -1.95. The van der Waals surface area contributed by atoms with E-state index >= 15 is 0 Å². The van der Waals surface area contributed by atoms with Crippen molar-refractivity contribution in [2.24, 2.45) is 0 Å². The summed E-state index contributed by atoms with van der Waals surface area (Å²) < 4.78 is 0. The van der Waals surface area contributed by atoms with Gasteiger partial charge in [-0.3, -0.25) is 0 Å². The number of fused-ring (bicyclic) bond motifs is 7. The Morgan fingerprint density at radius 2 is 1.07 bits per heavy atom. The van der Waals surface area contributed by atoms with Crippen molar-refractivity contribution in [2.45, 2.75) is 38.3 Å². The molecule has 0 aromatic heterocycles. The number of benzene rings is 4. The van der Waals surface area contributed by atoms with Gasteiger partial charge in [0, 0.05) is 12.3 Å². The lowest BCUT2D eigenvalue weighted by molar-refractivity contribution is 0.775. The van der Waals surface area contributed by atoms with E-state index in [2.05, 4.69) is 93.6 Å². The molecule has 0 radical (unpaired) electrons. The van der Waals surface area contributed by atoms with Crippen LogP contribution in [0.1, 0.15) is 31.9 Å². The van der Waals surface area contributed by atoms with Crippen LogP contribution in [0.25, 0.3) is 32.7 Å². The van der Waals surface area contributed by atoms with Gasteiger partial charge in [-0.2, -0.15) is 0 Å². The number of hydrogen-bond donors (Lipinski definition) is 0. The summed E-state index contributed by atoms with van der Waals surface area (Å²) in [5, 5.41) is 5.49. The standard InChI is InChI=1S/C26H25PS/c1-26(2,3)27(28)16-20-14-12-18-8-4-6-10-22(18)24(20)25-21(17-27)15-13-19-9-5-7-11-23(19)25/h4-15H,16-17H2,1-3H3. The fourth-order valence-corrected chi connectivity index (χ4v) is 8.09. The molecule has 1 heterocycles. The van der Waals surface area contributed by atoms with Crippen molar-refractivity contribution in [1.29, 1.82) is 0 Å². The predicted octanol–water partition coefficient (Wildman–Crippen LogP) is 7.95. The predicted molar refractivity (Wildman–Crippen MR) is 128 cm³/mol. The Bertz CT molecular complexity index is 1190. The van der Waals surface area contributed by atoms with Gasteiger partial charge in [0.15, 0.2) is 0 Å². The second-order valence-electron chi connectivity index (χ2n) is 9.02. The molecule has 0 unspecified atom stereocenters. The van der Waals surface area contributed by atoms with E-state index in [9.17, 15) is 0 Å². The van der Waals surface area contributed by atoms with Crippen molar-refractivity contribution in [3.8, 4) is 11.1 Å². The molecule has 1 aliphatic heterocycles. The van der Waals surface area contributed by atoms with Crippen LogP contribution in [0.2, 0.25) is 0 Å². The molecule has 140 valence electrons. The van der Waals surface area contributed by atoms with Gasteiger partial charge in [-0.05, 0) is 55.0 Å². The van der Waals surface area contributed by atoms with Gasteiger partial charge in [-0.1, -0.05) is 105 Å². The fraction of sp³-hybridized carbons (Fsp3) is 0.231. The highest BCUT2D eigenvalue weighted by atomic mass is 32.4. The van der Waals surface area contributed by atoms with Crippen molar-refractivity contribution in [2.75, 3.05) is 0 Å². The SMILES string of the molecule is CC(C)(C)P1(=S)Cc2ccc3ccccc3c2-c2c(ccc3ccccc23)C1. The second kappa shape index (κ2) is 6.28. The van der Waals surface area contributed by atoms with Crippen molar-refractivity contribution in [3.05, 3.63) is 83.9 Å². The molecule has 0 saturated carbocycles. The lowest BCUT2D eigenvalue weighted by Gasteiger charge is -2.35. The summed E-state index contributed by atoms with van der Waals surface area (Å²) >= 11 is 6.49. The molecule has 0 fully saturated rings. The van der Waals surface area contributed by atoms with Gasteiger partial charge in [-0.15, -0.1) is 0 Å². The summed E-state index contributed by atoms with van der Waals surface area (Å²) in [6.45, 7) is 7.04. The average molecular weight is 401 g/mol. The van der Waals surface area contributed by atoms with E-state index in [1.54, 1.807) is 0 Å². The maximum absolute atomic E-state index is 6.49. The topological polar surface area (TPSA) is 0 Å². The minimum Gasteiger partial charge on any atom is -0.0963 e. The molecule has 28 heavy (non-hydrogen) atoms. The van der Waals surface area contributed by atoms with Crippen molar-refractivity contribution < 1.29 is 0 Å². The van der Waals surface area contributed by atoms with E-state index < -0.39 is 6.04 Å². The lowest BCUT2D eigenvalue weighted by Crippen LogP contribution is -2.17. The van der Waals surface area contributed by atoms with Crippen molar-refractivity contribution >= 4 is 39.4 Å². The summed E-state index contributed by atoms with van der Waals surface area (Å²) in [5.74, 6) is 0. The summed E-state index contributed by atoms with van der Waals surface area (Å²) in [7, 11) is 0. The quantitative estimate of drug-likeness (QED) is 0.270. The Morgan fingerprint density at radius 1 is 0.643 bits per heavy atom. The smallest absolute Gasteiger partial charge is 0.00317 e. The van der Waals surface area contributed by atoms with Gasteiger partial charge < -0.3 is 0 Å². The maximum atomic E-state index is 6.49. The van der Waals surface area contributed by atoms with Crippen LogP contribution >= 0.6 is 6.04 Å². The van der Waals surface area contributed by atoms with Crippen LogP contribution in [0, 0.1) is 0 Å². The van der Waals surface area contributed by atoms with Crippen molar-refractivity contribution in [3.63, 3.8) is 0 Å². The normalized spacial score (nSPS) is 15.8. The van der Waals surface area contributed by atoms with Crippen molar-refractivity contribution in [1.82, 2.24) is 0 Å². The van der Waals surface area contributed by atoms with Gasteiger partial charge in [0.1, 0.15) is 0 Å². The monoisotopic (exact) mass is 400 g/mol. The molecule has 5 rings (SSSR count). The zero-order valence-corrected chi connectivity index (χ0v) is 18.4. The highest BCUT2D eigenvalue weighted by molar-refractivity contribution is 8.14. The molecular formula is C26H25PS. The van der Waals surface area contributed by atoms with Crippen LogP contribution < -0.4 is 0 Å². The first-order valence-electron chi connectivity index (χ1n) is 9.97. The van der Waals surface area contributed by atoms with Crippen LogP contribution in [-0.2, 0) is 24.1 Å². The second-order valence-corrected chi connectivity index (χ2v) is 14.9. The maximum Gasteiger partial charge on any atom is 0.00317 e. The van der Waals surface area contributed by atoms with Gasteiger partial charge >= 0.3 is 0 Å². The molecule has 0 N–H and O–H groups in total. The van der Waals surface area contributed by atoms with E-state index in [0.29, 0.717) is 0 Å². The van der Waals surface area contributed by atoms with E-state index in [0.717, 1.165) is 12.3 Å². The molecule has 0 atom stereocenters. The molecule has 2 heteroatoms. The molecular weight excluding hydrogens is 375 g/mol. The summed E-state index contributed by atoms with van der Waals surface area (Å²) in [6, 6.07) is 25.3. The van der Waals surface area contributed by atoms with Crippen LogP contribution in [0.15, 0.2) is 72.8 Å². The third-order valence-corrected chi connectivity index (χ3v) is 12.9. The van der Waals surface area contributed by atoms with E-state index in [1.165, 1.54) is 43.8 Å². The molecule has 0 bridgehead atoms. The lowest BCUT2D eigenvalue weighted by atomic mass is 9.88. The third-order valence-electron chi connectivity index (χ3n) is 6.35. The first-order chi connectivity index (χ1) is 13.4. The van der Waals surface area contributed by atoms with Crippen LogP contribution in [0.4, 0.5) is 0 Å². The van der Waals surface area contributed by atoms with Crippen LogP contribution in [0.3, 0.4) is 0 Å². The zero-order valence-electron chi connectivity index (χ0n) is 16.7. The minimum atomic E-state index is -1.63. The molecule has 0 amide bonds. The Labute approximate surface area is 172 Å². The van der Waals surface area contributed by atoms with Gasteiger partial charge in [-0.25, -0.2) is 0 Å². The zero-order chi connectivity index (χ0) is 19.5. The van der Waals surface area contributed by atoms with Gasteiger partial charge in [0.05, 0.1) is 0 Å². The average Bonchev–Trinajstić information content (AvgIpc) is 2.81. The van der Waals surface area contributed by atoms with Gasteiger partial charge in [0.2, 0.25) is 0 Å². The van der Waals surface area contributed by atoms with E-state index in [1.807, 2.05) is 0 Å². The first-order valence-corrected chi connectivity index (χ1v) is 13.1. The van der Waals surface area contributed by atoms with E-state index in [-0.39, 0.29) is 5.16 Å². The fourth-order valence-electron chi connectivity index (χ4n) is 4.57. The molecule has 4 aromatic rings. The number of hydrogen-bond acceptors (Lipinski definition) is 1. The summed E-state index contributed by atoms with van der Waals surface area (Å²) in [6.07, 6.45) is 2.07. The Balaban J connectivity index is 1.97. The van der Waals surface area contributed by atoms with E-state index in [4.69, 9.17) is 11.8 Å². The molecule has 4 aromatic carbocycles. The third kappa shape index (κ3) is 2.68. The molecule has 0 saturated heterocycles. The first kappa shape index (κ1) is 18.1. The van der Waals surface area contributed by atoms with Crippen LogP contribution in [0.5, 0.6) is 0 Å². The highest BCUT2D eigenvalue weighted by Gasteiger charge is 2.36. The molecule has 0 spiro atoms. The molecule has 0 aliphatic carbocycles. The van der Waals surface area contributed by atoms with Crippen LogP contribution in [-0.4, -0.2) is 5.16 Å². The highest BCUT2D eigenvalue weighted by Crippen LogP contribution is 2.66. The summed E-state index contributed by atoms with van der Waals surface area (Å²) in [5.41, 5.74) is 5.71.